The van der Waals surface area contributed by atoms with Crippen LogP contribution in [0, 0.1) is 5.92 Å². The second kappa shape index (κ2) is 8.03. The molecule has 0 saturated carbocycles. The Balaban J connectivity index is 1.67. The molecule has 136 valence electrons. The molecular weight excluding hydrogens is 318 g/mol. The van der Waals surface area contributed by atoms with E-state index in [-0.39, 0.29) is 6.04 Å². The third-order valence-electron chi connectivity index (χ3n) is 5.10. The Morgan fingerprint density at radius 3 is 3.04 bits per heavy atom. The highest BCUT2D eigenvalue weighted by Gasteiger charge is 2.35. The van der Waals surface area contributed by atoms with Crippen LogP contribution in [0.25, 0.3) is 0 Å². The molecule has 0 unspecified atom stereocenters. The Morgan fingerprint density at radius 1 is 1.48 bits per heavy atom. The van der Waals surface area contributed by atoms with Gasteiger partial charge in [0.15, 0.2) is 5.82 Å². The maximum Gasteiger partial charge on any atom is 0.243 e. The van der Waals surface area contributed by atoms with E-state index in [4.69, 9.17) is 9.26 Å². The van der Waals surface area contributed by atoms with E-state index in [0.717, 1.165) is 13.1 Å². The minimum Gasteiger partial charge on any atom is -0.377 e. The average molecular weight is 345 g/mol. The average Bonchev–Trinajstić information content (AvgIpc) is 3.22. The van der Waals surface area contributed by atoms with Crippen molar-refractivity contribution in [1.82, 2.24) is 24.9 Å². The Bertz CT molecular complexity index is 662. The van der Waals surface area contributed by atoms with E-state index in [1.54, 1.807) is 7.11 Å². The van der Waals surface area contributed by atoms with Gasteiger partial charge >= 0.3 is 0 Å². The third-order valence-corrected chi connectivity index (χ3v) is 5.10. The highest BCUT2D eigenvalue weighted by Crippen LogP contribution is 2.37. The van der Waals surface area contributed by atoms with E-state index in [0.29, 0.717) is 30.3 Å². The Kier molecular flexibility index (Phi) is 5.78. The van der Waals surface area contributed by atoms with Gasteiger partial charge in [0.2, 0.25) is 5.89 Å². The normalized spacial score (nSPS) is 22.6. The fraction of sp³-hybridized carbons (Fsp3) is 0.611. The van der Waals surface area contributed by atoms with Gasteiger partial charge in [0.05, 0.1) is 6.04 Å². The zero-order valence-corrected chi connectivity index (χ0v) is 15.4. The molecule has 0 spiro atoms. The molecule has 7 heteroatoms. The number of methoxy groups -OCH3 is 1. The number of nitrogens with zero attached hydrogens (tertiary/aromatic N) is 5. The van der Waals surface area contributed by atoms with Crippen LogP contribution < -0.4 is 0 Å². The smallest absolute Gasteiger partial charge is 0.243 e. The van der Waals surface area contributed by atoms with Crippen molar-refractivity contribution in [1.29, 1.82) is 0 Å². The van der Waals surface area contributed by atoms with Crippen LogP contribution in [0.2, 0.25) is 0 Å². The number of likely N-dealkylation sites (tertiary alicyclic amines) is 1. The summed E-state index contributed by atoms with van der Waals surface area (Å²) in [5.74, 6) is 1.77. The summed E-state index contributed by atoms with van der Waals surface area (Å²) in [7, 11) is 5.93. The second-order valence-corrected chi connectivity index (χ2v) is 6.86. The lowest BCUT2D eigenvalue weighted by Crippen LogP contribution is -2.32. The van der Waals surface area contributed by atoms with E-state index < -0.39 is 0 Å². The number of hydrogen-bond acceptors (Lipinski definition) is 7. The second-order valence-electron chi connectivity index (χ2n) is 6.86. The lowest BCUT2D eigenvalue weighted by molar-refractivity contribution is 0.160. The van der Waals surface area contributed by atoms with Gasteiger partial charge in [-0.1, -0.05) is 11.2 Å². The van der Waals surface area contributed by atoms with Gasteiger partial charge in [0.25, 0.3) is 0 Å². The first-order valence-corrected chi connectivity index (χ1v) is 8.72. The van der Waals surface area contributed by atoms with Gasteiger partial charge < -0.3 is 9.26 Å². The van der Waals surface area contributed by atoms with E-state index in [9.17, 15) is 0 Å². The van der Waals surface area contributed by atoms with Gasteiger partial charge in [-0.3, -0.25) is 14.8 Å². The summed E-state index contributed by atoms with van der Waals surface area (Å²) in [5.41, 5.74) is 1.29. The first kappa shape index (κ1) is 18.0. The molecule has 1 fully saturated rings. The van der Waals surface area contributed by atoms with Crippen LogP contribution in [0.5, 0.6) is 0 Å². The Morgan fingerprint density at radius 2 is 2.32 bits per heavy atom. The number of rotatable bonds is 7. The highest BCUT2D eigenvalue weighted by molar-refractivity contribution is 5.17. The van der Waals surface area contributed by atoms with Crippen LogP contribution in [0.15, 0.2) is 29.0 Å². The molecule has 0 aromatic carbocycles. The standard InChI is InChI=1S/C18H27N5O2/c1-13(18-20-16(12-24-4)21-25-18)23(3)11-15-7-9-22(2)17(15)14-6-5-8-19-10-14/h5-6,8,10,13,15,17H,7,9,11-12H2,1-4H3/t13-,15+,17+/m1/s1. The number of hydrogen-bond donors (Lipinski definition) is 0. The lowest BCUT2D eigenvalue weighted by atomic mass is 9.94. The van der Waals surface area contributed by atoms with Gasteiger partial charge in [0.1, 0.15) is 6.61 Å². The maximum absolute atomic E-state index is 5.39. The van der Waals surface area contributed by atoms with Crippen molar-refractivity contribution in [2.45, 2.75) is 32.0 Å². The van der Waals surface area contributed by atoms with Crippen LogP contribution in [0.1, 0.15) is 42.7 Å². The van der Waals surface area contributed by atoms with E-state index in [2.05, 4.69) is 52.0 Å². The number of aromatic nitrogens is 3. The van der Waals surface area contributed by atoms with Gasteiger partial charge in [0, 0.05) is 32.1 Å². The first-order chi connectivity index (χ1) is 12.1. The third kappa shape index (κ3) is 4.05. The fourth-order valence-electron chi connectivity index (χ4n) is 3.64. The topological polar surface area (TPSA) is 67.5 Å². The van der Waals surface area contributed by atoms with Crippen molar-refractivity contribution in [2.75, 3.05) is 34.3 Å². The minimum absolute atomic E-state index is 0.0681. The molecule has 2 aromatic heterocycles. The van der Waals surface area contributed by atoms with E-state index in [1.807, 2.05) is 18.5 Å². The quantitative estimate of drug-likeness (QED) is 0.762. The summed E-state index contributed by atoms with van der Waals surface area (Å²) in [6, 6.07) is 4.65. The summed E-state index contributed by atoms with van der Waals surface area (Å²) in [5, 5.41) is 3.96. The van der Waals surface area contributed by atoms with E-state index >= 15 is 0 Å². The van der Waals surface area contributed by atoms with Crippen LogP contribution >= 0.6 is 0 Å². The summed E-state index contributed by atoms with van der Waals surface area (Å²) in [6.07, 6.45) is 4.98. The zero-order valence-electron chi connectivity index (χ0n) is 15.4. The zero-order chi connectivity index (χ0) is 17.8. The van der Waals surface area contributed by atoms with Crippen molar-refractivity contribution in [3.05, 3.63) is 41.8 Å². The monoisotopic (exact) mass is 345 g/mol. The number of ether oxygens (including phenoxy) is 1. The van der Waals surface area contributed by atoms with Crippen molar-refractivity contribution in [2.24, 2.45) is 5.92 Å². The van der Waals surface area contributed by atoms with Crippen molar-refractivity contribution >= 4 is 0 Å². The predicted molar refractivity (Wildman–Crippen MR) is 93.8 cm³/mol. The molecule has 3 rings (SSSR count). The van der Waals surface area contributed by atoms with E-state index in [1.165, 1.54) is 12.0 Å². The molecule has 1 saturated heterocycles. The Hall–Kier alpha value is -1.83. The molecule has 25 heavy (non-hydrogen) atoms. The molecule has 0 N–H and O–H groups in total. The summed E-state index contributed by atoms with van der Waals surface area (Å²) in [6.45, 7) is 4.54. The summed E-state index contributed by atoms with van der Waals surface area (Å²) in [4.78, 5) is 13.4. The molecular formula is C18H27N5O2. The molecule has 0 aliphatic carbocycles. The molecule has 1 aliphatic rings. The Labute approximate surface area is 149 Å². The van der Waals surface area contributed by atoms with Crippen LogP contribution in [0.3, 0.4) is 0 Å². The molecule has 0 radical (unpaired) electrons. The largest absolute Gasteiger partial charge is 0.377 e. The van der Waals surface area contributed by atoms with Crippen molar-refractivity contribution in [3.63, 3.8) is 0 Å². The van der Waals surface area contributed by atoms with Gasteiger partial charge in [-0.25, -0.2) is 0 Å². The maximum atomic E-state index is 5.39. The summed E-state index contributed by atoms with van der Waals surface area (Å²) >= 11 is 0. The molecule has 3 atom stereocenters. The van der Waals surface area contributed by atoms with Gasteiger partial charge in [-0.2, -0.15) is 4.98 Å². The lowest BCUT2D eigenvalue weighted by Gasteiger charge is -2.30. The van der Waals surface area contributed by atoms with Gasteiger partial charge in [-0.15, -0.1) is 0 Å². The van der Waals surface area contributed by atoms with Crippen LogP contribution in [-0.4, -0.2) is 59.2 Å². The molecule has 3 heterocycles. The SMILES string of the molecule is COCc1noc([C@@H](C)N(C)C[C@@H]2CCN(C)[C@H]2c2cccnc2)n1. The molecule has 1 aliphatic heterocycles. The van der Waals surface area contributed by atoms with Crippen LogP contribution in [0.4, 0.5) is 0 Å². The number of pyridine rings is 1. The molecule has 2 aromatic rings. The van der Waals surface area contributed by atoms with Crippen molar-refractivity contribution in [3.8, 4) is 0 Å². The molecule has 0 bridgehead atoms. The minimum atomic E-state index is 0.0681. The predicted octanol–water partition coefficient (Wildman–Crippen LogP) is 2.30. The first-order valence-electron chi connectivity index (χ1n) is 8.72. The summed E-state index contributed by atoms with van der Waals surface area (Å²) < 4.78 is 10.4. The van der Waals surface area contributed by atoms with Crippen LogP contribution in [-0.2, 0) is 11.3 Å². The molecule has 7 nitrogen and oxygen atoms in total. The van der Waals surface area contributed by atoms with Crippen molar-refractivity contribution < 1.29 is 9.26 Å². The van der Waals surface area contributed by atoms with Gasteiger partial charge in [-0.05, 0) is 51.5 Å². The molecule has 0 amide bonds. The fourth-order valence-corrected chi connectivity index (χ4v) is 3.64. The highest BCUT2D eigenvalue weighted by atomic mass is 16.5.